The zero-order valence-corrected chi connectivity index (χ0v) is 12.2. The summed E-state index contributed by atoms with van der Waals surface area (Å²) in [5.74, 6) is -1.40. The lowest BCUT2D eigenvalue weighted by Gasteiger charge is -2.20. The summed E-state index contributed by atoms with van der Waals surface area (Å²) in [6.45, 7) is 6.62. The lowest BCUT2D eigenvalue weighted by Crippen LogP contribution is -2.32. The summed E-state index contributed by atoms with van der Waals surface area (Å²) in [6.07, 6.45) is 0. The van der Waals surface area contributed by atoms with Crippen molar-refractivity contribution < 1.29 is 9.90 Å². The molecule has 2 aromatic heterocycles. The van der Waals surface area contributed by atoms with Crippen molar-refractivity contribution in [2.45, 2.75) is 39.7 Å². The van der Waals surface area contributed by atoms with E-state index in [0.717, 1.165) is 0 Å². The van der Waals surface area contributed by atoms with E-state index >= 15 is 0 Å². The molecule has 2 unspecified atom stereocenters. The summed E-state index contributed by atoms with van der Waals surface area (Å²) in [5, 5.41) is 22.7. The number of aliphatic carboxylic acids is 1. The van der Waals surface area contributed by atoms with Gasteiger partial charge < -0.3 is 5.11 Å². The Morgan fingerprint density at radius 3 is 2.52 bits per heavy atom. The van der Waals surface area contributed by atoms with E-state index in [4.69, 9.17) is 0 Å². The van der Waals surface area contributed by atoms with Crippen LogP contribution in [0, 0.1) is 13.8 Å². The fraction of sp³-hybridized carbons (Fsp3) is 0.500. The van der Waals surface area contributed by atoms with E-state index < -0.39 is 23.6 Å². The van der Waals surface area contributed by atoms with Crippen LogP contribution in [0.1, 0.15) is 48.6 Å². The first-order valence-corrected chi connectivity index (χ1v) is 6.40. The third-order valence-electron chi connectivity index (χ3n) is 3.54. The van der Waals surface area contributed by atoms with Crippen LogP contribution < -0.4 is 5.69 Å². The van der Waals surface area contributed by atoms with Gasteiger partial charge in [0.2, 0.25) is 0 Å². The molecule has 0 radical (unpaired) electrons. The van der Waals surface area contributed by atoms with Crippen LogP contribution in [-0.2, 0) is 4.79 Å². The maximum Gasteiger partial charge on any atom is 0.348 e. The molecular formula is C12H16N6O3. The fourth-order valence-electron chi connectivity index (χ4n) is 2.46. The van der Waals surface area contributed by atoms with Gasteiger partial charge in [0.1, 0.15) is 0 Å². The number of aromatic nitrogens is 6. The molecule has 2 aromatic rings. The molecule has 2 rings (SSSR count). The highest BCUT2D eigenvalue weighted by Crippen LogP contribution is 2.24. The first-order valence-electron chi connectivity index (χ1n) is 6.40. The minimum absolute atomic E-state index is 0.333. The standard InChI is InChI=1S/C12H16N6O3/c1-5(11(19)20)9-6(2)13-12(21)18(7(9)3)8(4)10-14-16-17-15-10/h5,8H,1-4H3,(H,19,20)(H,14,15,16,17). The molecule has 0 saturated carbocycles. The average molecular weight is 292 g/mol. The minimum Gasteiger partial charge on any atom is -0.481 e. The number of H-pyrrole nitrogens is 1. The topological polar surface area (TPSA) is 127 Å². The summed E-state index contributed by atoms with van der Waals surface area (Å²) in [4.78, 5) is 27.3. The van der Waals surface area contributed by atoms with E-state index in [0.29, 0.717) is 22.8 Å². The van der Waals surface area contributed by atoms with Crippen LogP contribution in [0.5, 0.6) is 0 Å². The fourth-order valence-corrected chi connectivity index (χ4v) is 2.46. The number of nitrogens with zero attached hydrogens (tertiary/aromatic N) is 5. The van der Waals surface area contributed by atoms with Gasteiger partial charge in [-0.05, 0) is 27.7 Å². The molecule has 0 spiro atoms. The Bertz CT molecular complexity index is 721. The van der Waals surface area contributed by atoms with E-state index in [1.165, 1.54) is 4.57 Å². The number of aryl methyl sites for hydroxylation is 1. The number of carboxylic acid groups (broad SMARTS) is 1. The molecule has 0 bridgehead atoms. The normalized spacial score (nSPS) is 13.9. The van der Waals surface area contributed by atoms with Gasteiger partial charge in [-0.25, -0.2) is 4.79 Å². The molecule has 0 aliphatic rings. The highest BCUT2D eigenvalue weighted by Gasteiger charge is 2.25. The van der Waals surface area contributed by atoms with E-state index in [9.17, 15) is 14.7 Å². The number of aromatic amines is 1. The third-order valence-corrected chi connectivity index (χ3v) is 3.54. The van der Waals surface area contributed by atoms with Gasteiger partial charge in [-0.2, -0.15) is 10.2 Å². The van der Waals surface area contributed by atoms with Crippen molar-refractivity contribution in [3.63, 3.8) is 0 Å². The van der Waals surface area contributed by atoms with Crippen LogP contribution in [0.2, 0.25) is 0 Å². The second kappa shape index (κ2) is 5.43. The molecule has 9 heteroatoms. The van der Waals surface area contributed by atoms with Gasteiger partial charge in [-0.1, -0.05) is 5.21 Å². The SMILES string of the molecule is Cc1nc(=O)n(C(C)c2nn[nH]n2)c(C)c1C(C)C(=O)O. The van der Waals surface area contributed by atoms with Crippen LogP contribution >= 0.6 is 0 Å². The highest BCUT2D eigenvalue weighted by molar-refractivity contribution is 5.76. The first kappa shape index (κ1) is 14.8. The van der Waals surface area contributed by atoms with E-state index in [1.807, 2.05) is 0 Å². The predicted molar refractivity (Wildman–Crippen MR) is 72.0 cm³/mol. The maximum absolute atomic E-state index is 12.2. The highest BCUT2D eigenvalue weighted by atomic mass is 16.4. The molecule has 9 nitrogen and oxygen atoms in total. The number of carboxylic acids is 1. The Kier molecular flexibility index (Phi) is 3.83. The molecule has 21 heavy (non-hydrogen) atoms. The predicted octanol–water partition coefficient (Wildman–Crippen LogP) is 0.171. The Hall–Kier alpha value is -2.58. The molecular weight excluding hydrogens is 276 g/mol. The summed E-state index contributed by atoms with van der Waals surface area (Å²) >= 11 is 0. The van der Waals surface area contributed by atoms with Gasteiger partial charge in [-0.15, -0.1) is 10.2 Å². The molecule has 0 amide bonds. The lowest BCUT2D eigenvalue weighted by atomic mass is 9.98. The van der Waals surface area contributed by atoms with Gasteiger partial charge in [0.25, 0.3) is 0 Å². The van der Waals surface area contributed by atoms with Gasteiger partial charge in [0.05, 0.1) is 12.0 Å². The zero-order valence-electron chi connectivity index (χ0n) is 12.2. The first-order chi connectivity index (χ1) is 9.84. The molecule has 112 valence electrons. The van der Waals surface area contributed by atoms with Crippen molar-refractivity contribution in [2.75, 3.05) is 0 Å². The van der Waals surface area contributed by atoms with Crippen molar-refractivity contribution in [1.82, 2.24) is 30.2 Å². The Labute approximate surface area is 120 Å². The number of carbonyl (C=O) groups is 1. The van der Waals surface area contributed by atoms with E-state index in [1.54, 1.807) is 27.7 Å². The van der Waals surface area contributed by atoms with E-state index in [-0.39, 0.29) is 0 Å². The third kappa shape index (κ3) is 2.54. The number of nitrogens with one attached hydrogen (secondary N) is 1. The van der Waals surface area contributed by atoms with Gasteiger partial charge in [-0.3, -0.25) is 9.36 Å². The van der Waals surface area contributed by atoms with Gasteiger partial charge in [0.15, 0.2) is 5.82 Å². The number of hydrogen-bond acceptors (Lipinski definition) is 6. The Morgan fingerprint density at radius 2 is 2.00 bits per heavy atom. The Balaban J connectivity index is 2.65. The van der Waals surface area contributed by atoms with Crippen LogP contribution in [0.3, 0.4) is 0 Å². The summed E-state index contributed by atoms with van der Waals surface area (Å²) in [5.41, 5.74) is 1.02. The van der Waals surface area contributed by atoms with Crippen molar-refractivity contribution >= 4 is 5.97 Å². The molecule has 0 fully saturated rings. The summed E-state index contributed by atoms with van der Waals surface area (Å²) in [7, 11) is 0. The molecule has 0 aromatic carbocycles. The lowest BCUT2D eigenvalue weighted by molar-refractivity contribution is -0.138. The van der Waals surface area contributed by atoms with Gasteiger partial charge in [0, 0.05) is 17.0 Å². The van der Waals surface area contributed by atoms with Gasteiger partial charge >= 0.3 is 11.7 Å². The zero-order chi connectivity index (χ0) is 15.7. The second-order valence-electron chi connectivity index (χ2n) is 4.85. The van der Waals surface area contributed by atoms with Crippen LogP contribution in [0.25, 0.3) is 0 Å². The monoisotopic (exact) mass is 292 g/mol. The molecule has 0 aliphatic heterocycles. The van der Waals surface area contributed by atoms with Crippen molar-refractivity contribution in [3.8, 4) is 0 Å². The van der Waals surface area contributed by atoms with Crippen LogP contribution in [0.4, 0.5) is 0 Å². The van der Waals surface area contributed by atoms with Crippen molar-refractivity contribution in [2.24, 2.45) is 0 Å². The van der Waals surface area contributed by atoms with Crippen LogP contribution in [-0.4, -0.2) is 41.3 Å². The molecule has 0 aliphatic carbocycles. The number of hydrogen-bond donors (Lipinski definition) is 2. The van der Waals surface area contributed by atoms with Crippen molar-refractivity contribution in [3.05, 3.63) is 33.3 Å². The largest absolute Gasteiger partial charge is 0.481 e. The smallest absolute Gasteiger partial charge is 0.348 e. The Morgan fingerprint density at radius 1 is 1.33 bits per heavy atom. The van der Waals surface area contributed by atoms with E-state index in [2.05, 4.69) is 25.6 Å². The average Bonchev–Trinajstić information content (AvgIpc) is 2.91. The molecule has 2 N–H and O–H groups in total. The van der Waals surface area contributed by atoms with Crippen molar-refractivity contribution in [1.29, 1.82) is 0 Å². The molecule has 0 saturated heterocycles. The second-order valence-corrected chi connectivity index (χ2v) is 4.85. The maximum atomic E-state index is 12.2. The summed E-state index contributed by atoms with van der Waals surface area (Å²) in [6, 6.07) is -0.496. The molecule has 2 atom stereocenters. The number of tetrazole rings is 1. The number of rotatable bonds is 4. The quantitative estimate of drug-likeness (QED) is 0.822. The molecule has 2 heterocycles. The minimum atomic E-state index is -0.972. The van der Waals surface area contributed by atoms with Crippen LogP contribution in [0.15, 0.2) is 4.79 Å². The summed E-state index contributed by atoms with van der Waals surface area (Å²) < 4.78 is 1.38.